The summed E-state index contributed by atoms with van der Waals surface area (Å²) in [6, 6.07) is 17.7. The predicted molar refractivity (Wildman–Crippen MR) is 229 cm³/mol. The number of methoxy groups -OCH3 is 1. The number of phenolic OH excluding ortho intramolecular Hbond substituents is 1. The van der Waals surface area contributed by atoms with Gasteiger partial charge in [0, 0.05) is 58.5 Å². The average molecular weight is 813 g/mol. The molecule has 6 N–H and O–H groups in total. The van der Waals surface area contributed by atoms with Crippen molar-refractivity contribution in [3.05, 3.63) is 127 Å². The largest absolute Gasteiger partial charge is 0.506 e. The summed E-state index contributed by atoms with van der Waals surface area (Å²) >= 11 is 2.96. The Labute approximate surface area is 341 Å². The molecule has 1 amide bonds. The van der Waals surface area contributed by atoms with E-state index in [1.165, 1.54) is 34.8 Å². The number of thiophene rings is 2. The zero-order chi connectivity index (χ0) is 40.9. The molecule has 0 aliphatic heterocycles. The maximum atomic E-state index is 13.8. The molecule has 1 atom stereocenters. The standard InChI is InChI=1S/C44H52N4O7S2/c1-7-28-22-29(24-45-25-36(50)32-16-18-35(49)41-33(32)17-19-40(51)47-41)37(54-6)23-34(28)46-42(52)43(3,4)26-48(5)30-12-14-31(15-13-30)55-27(2)44(53,38-10-8-20-56-38)39-11-9-21-57-39/h7-11,16-23,30-31,36,45,49-50,53H,1-2,12-15,24-26H2,3-6H3,(H,46,52)(H,47,51)/t30?,31?,36-/m0/s1. The van der Waals surface area contributed by atoms with Gasteiger partial charge in [-0.2, -0.15) is 0 Å². The number of rotatable bonds is 17. The molecule has 1 aliphatic carbocycles. The first-order valence-electron chi connectivity index (χ1n) is 19.0. The van der Waals surface area contributed by atoms with Crippen molar-refractivity contribution < 1.29 is 29.6 Å². The molecular formula is C44H52N4O7S2. The molecule has 57 heavy (non-hydrogen) atoms. The Balaban J connectivity index is 1.03. The number of nitrogens with one attached hydrogen (secondary N) is 3. The van der Waals surface area contributed by atoms with E-state index in [1.54, 1.807) is 31.4 Å². The van der Waals surface area contributed by atoms with E-state index < -0.39 is 17.1 Å². The molecule has 1 fully saturated rings. The van der Waals surface area contributed by atoms with Crippen molar-refractivity contribution in [3.8, 4) is 11.5 Å². The maximum Gasteiger partial charge on any atom is 0.248 e. The topological polar surface area (TPSA) is 156 Å². The minimum absolute atomic E-state index is 0.0620. The van der Waals surface area contributed by atoms with Crippen molar-refractivity contribution in [1.82, 2.24) is 15.2 Å². The van der Waals surface area contributed by atoms with Crippen LogP contribution in [0.2, 0.25) is 0 Å². The summed E-state index contributed by atoms with van der Waals surface area (Å²) in [4.78, 5) is 32.1. The number of aromatic hydroxyl groups is 1. The van der Waals surface area contributed by atoms with Crippen LogP contribution in [-0.2, 0) is 21.7 Å². The monoisotopic (exact) mass is 812 g/mol. The average Bonchev–Trinajstić information content (AvgIpc) is 3.95. The summed E-state index contributed by atoms with van der Waals surface area (Å²) in [6.45, 7) is 13.1. The normalized spacial score (nSPS) is 16.7. The van der Waals surface area contributed by atoms with Crippen LogP contribution in [0.1, 0.15) is 72.1 Å². The van der Waals surface area contributed by atoms with Crippen molar-refractivity contribution in [3.63, 3.8) is 0 Å². The second-order valence-corrected chi connectivity index (χ2v) is 17.2. The molecule has 0 saturated heterocycles. The number of aromatic nitrogens is 1. The molecule has 0 bridgehead atoms. The van der Waals surface area contributed by atoms with Gasteiger partial charge in [-0.05, 0) is 98.8 Å². The first-order valence-corrected chi connectivity index (χ1v) is 20.8. The van der Waals surface area contributed by atoms with Crippen molar-refractivity contribution in [1.29, 1.82) is 0 Å². The SMILES string of the molecule is C=Cc1cc(CNC[C@H](O)c2ccc(O)c3[nH]c(=O)ccc23)c(OC)cc1NC(=O)C(C)(C)CN(C)C1CCC(OC(=C)C(O)(c2cccs2)c2cccs2)CC1. The predicted octanol–water partition coefficient (Wildman–Crippen LogP) is 7.51. The third-order valence-corrected chi connectivity index (χ3v) is 12.8. The number of hydrogen-bond acceptors (Lipinski definition) is 11. The highest BCUT2D eigenvalue weighted by atomic mass is 32.1. The number of H-pyrrole nitrogens is 1. The van der Waals surface area contributed by atoms with E-state index in [2.05, 4.69) is 40.7 Å². The van der Waals surface area contributed by atoms with E-state index in [0.717, 1.165) is 46.6 Å². The van der Waals surface area contributed by atoms with Gasteiger partial charge in [-0.15, -0.1) is 22.7 Å². The van der Waals surface area contributed by atoms with E-state index in [4.69, 9.17) is 9.47 Å². The number of hydrogen-bond donors (Lipinski definition) is 6. The van der Waals surface area contributed by atoms with Crippen LogP contribution in [0.25, 0.3) is 17.0 Å². The van der Waals surface area contributed by atoms with Gasteiger partial charge < -0.3 is 45.3 Å². The molecule has 1 saturated carbocycles. The minimum atomic E-state index is -1.39. The zero-order valence-electron chi connectivity index (χ0n) is 32.8. The Bertz CT molecular complexity index is 2210. The number of anilines is 1. The molecule has 11 nitrogen and oxygen atoms in total. The van der Waals surface area contributed by atoms with Crippen LogP contribution in [-0.4, -0.2) is 70.5 Å². The smallest absolute Gasteiger partial charge is 0.248 e. The highest BCUT2D eigenvalue weighted by Gasteiger charge is 2.41. The van der Waals surface area contributed by atoms with Crippen LogP contribution in [0.4, 0.5) is 5.69 Å². The highest BCUT2D eigenvalue weighted by molar-refractivity contribution is 7.11. The number of pyridine rings is 1. The molecule has 3 heterocycles. The second-order valence-electron chi connectivity index (χ2n) is 15.3. The molecular weight excluding hydrogens is 761 g/mol. The van der Waals surface area contributed by atoms with Crippen LogP contribution in [0, 0.1) is 5.41 Å². The van der Waals surface area contributed by atoms with E-state index in [-0.39, 0.29) is 41.4 Å². The molecule has 2 aromatic carbocycles. The van der Waals surface area contributed by atoms with Crippen molar-refractivity contribution in [2.45, 2.75) is 69.9 Å². The minimum Gasteiger partial charge on any atom is -0.506 e. The lowest BCUT2D eigenvalue weighted by molar-refractivity contribution is -0.125. The lowest BCUT2D eigenvalue weighted by Gasteiger charge is -2.39. The van der Waals surface area contributed by atoms with Gasteiger partial charge in [0.25, 0.3) is 0 Å². The quantitative estimate of drug-likeness (QED) is 0.0524. The van der Waals surface area contributed by atoms with Crippen LogP contribution >= 0.6 is 22.7 Å². The number of phenols is 1. The molecule has 13 heteroatoms. The number of aromatic amines is 1. The number of ether oxygens (including phenoxy) is 2. The summed E-state index contributed by atoms with van der Waals surface area (Å²) < 4.78 is 12.1. The first-order chi connectivity index (χ1) is 27.2. The van der Waals surface area contributed by atoms with Gasteiger partial charge in [0.1, 0.15) is 17.3 Å². The number of carbonyl (C=O) groups is 1. The first kappa shape index (κ1) is 41.9. The molecule has 0 radical (unpaired) electrons. The van der Waals surface area contributed by atoms with E-state index >= 15 is 0 Å². The summed E-state index contributed by atoms with van der Waals surface area (Å²) in [5.74, 6) is 0.705. The molecule has 3 aromatic heterocycles. The van der Waals surface area contributed by atoms with Gasteiger partial charge >= 0.3 is 0 Å². The number of amides is 1. The van der Waals surface area contributed by atoms with Crippen LogP contribution in [0.5, 0.6) is 11.5 Å². The summed E-state index contributed by atoms with van der Waals surface area (Å²) in [6.07, 6.45) is 4.10. The van der Waals surface area contributed by atoms with Crippen molar-refractivity contribution >= 4 is 51.2 Å². The van der Waals surface area contributed by atoms with Crippen molar-refractivity contribution in [2.24, 2.45) is 5.41 Å². The second kappa shape index (κ2) is 17.8. The number of aliphatic hydroxyl groups is 2. The van der Waals surface area contributed by atoms with Gasteiger partial charge in [-0.1, -0.05) is 37.4 Å². The fourth-order valence-electron chi connectivity index (χ4n) is 7.62. The van der Waals surface area contributed by atoms with Crippen molar-refractivity contribution in [2.75, 3.05) is 32.6 Å². The molecule has 1 aliphatic rings. The Morgan fingerprint density at radius 3 is 2.37 bits per heavy atom. The number of benzene rings is 2. The number of carbonyl (C=O) groups excluding carboxylic acids is 1. The van der Waals surface area contributed by atoms with Gasteiger partial charge in [-0.3, -0.25) is 9.59 Å². The van der Waals surface area contributed by atoms with Crippen LogP contribution in [0.15, 0.2) is 95.1 Å². The number of aliphatic hydroxyl groups excluding tert-OH is 1. The van der Waals surface area contributed by atoms with Gasteiger partial charge in [0.2, 0.25) is 11.5 Å². The number of nitrogens with zero attached hydrogens (tertiary/aromatic N) is 1. The lowest BCUT2D eigenvalue weighted by Crippen LogP contribution is -2.46. The lowest BCUT2D eigenvalue weighted by atomic mass is 9.87. The van der Waals surface area contributed by atoms with Crippen LogP contribution in [0.3, 0.4) is 0 Å². The Kier molecular flexibility index (Phi) is 13.1. The van der Waals surface area contributed by atoms with Crippen LogP contribution < -0.4 is 20.9 Å². The van der Waals surface area contributed by atoms with Gasteiger partial charge in [-0.25, -0.2) is 0 Å². The fourth-order valence-corrected chi connectivity index (χ4v) is 9.40. The maximum absolute atomic E-state index is 13.8. The van der Waals surface area contributed by atoms with E-state index in [1.807, 2.05) is 54.9 Å². The summed E-state index contributed by atoms with van der Waals surface area (Å²) in [5.41, 5.74) is 0.485. The molecule has 6 rings (SSSR count). The third-order valence-electron chi connectivity index (χ3n) is 10.8. The molecule has 5 aromatic rings. The zero-order valence-corrected chi connectivity index (χ0v) is 34.5. The summed E-state index contributed by atoms with van der Waals surface area (Å²) in [7, 11) is 3.63. The van der Waals surface area contributed by atoms with E-state index in [9.17, 15) is 24.9 Å². The van der Waals surface area contributed by atoms with Gasteiger partial charge in [0.05, 0.1) is 35.9 Å². The third kappa shape index (κ3) is 9.19. The highest BCUT2D eigenvalue weighted by Crippen LogP contribution is 2.43. The molecule has 302 valence electrons. The van der Waals surface area contributed by atoms with Gasteiger partial charge in [0.15, 0.2) is 5.60 Å². The fraction of sp³-hybridized carbons (Fsp3) is 0.364. The molecule has 0 unspecified atom stereocenters. The Morgan fingerprint density at radius 2 is 1.75 bits per heavy atom. The number of fused-ring (bicyclic) bond motifs is 1. The van der Waals surface area contributed by atoms with E-state index in [0.29, 0.717) is 41.2 Å². The Hall–Kier alpha value is -4.76. The molecule has 0 spiro atoms. The Morgan fingerprint density at radius 1 is 1.07 bits per heavy atom. The summed E-state index contributed by atoms with van der Waals surface area (Å²) in [5, 5.41) is 43.9.